The minimum absolute atomic E-state index is 0.0383. The van der Waals surface area contributed by atoms with Gasteiger partial charge in [-0.15, -0.1) is 0 Å². The number of carbonyl (C=O) groups excluding carboxylic acids is 1. The van der Waals surface area contributed by atoms with E-state index in [2.05, 4.69) is 0 Å². The number of likely N-dealkylation sites (N-methyl/N-ethyl adjacent to an activating group) is 1. The van der Waals surface area contributed by atoms with E-state index in [0.29, 0.717) is 13.1 Å². The standard InChI is InChI=1S/C17H28N2O5S/c1-14(2)25(21,22)24-16-8-6-15(7-9-16)12-19(11-10-18(3)4)17(20)13-23-5/h6-9,14H,10-13H2,1-5H3/p+1. The average molecular weight is 373 g/mol. The molecule has 1 amide bonds. The summed E-state index contributed by atoms with van der Waals surface area (Å²) >= 11 is 0. The molecule has 0 radical (unpaired) electrons. The molecule has 0 fully saturated rings. The second-order valence-corrected chi connectivity index (χ2v) is 8.57. The summed E-state index contributed by atoms with van der Waals surface area (Å²) in [5.41, 5.74) is 0.896. The summed E-state index contributed by atoms with van der Waals surface area (Å²) in [6.07, 6.45) is 0. The van der Waals surface area contributed by atoms with E-state index in [1.54, 1.807) is 43.0 Å². The first-order valence-corrected chi connectivity index (χ1v) is 9.71. The van der Waals surface area contributed by atoms with Crippen molar-refractivity contribution in [2.75, 3.05) is 40.9 Å². The summed E-state index contributed by atoms with van der Waals surface area (Å²) in [4.78, 5) is 15.2. The van der Waals surface area contributed by atoms with Gasteiger partial charge >= 0.3 is 10.1 Å². The van der Waals surface area contributed by atoms with Crippen molar-refractivity contribution in [1.29, 1.82) is 0 Å². The predicted molar refractivity (Wildman–Crippen MR) is 96.1 cm³/mol. The van der Waals surface area contributed by atoms with E-state index >= 15 is 0 Å². The Balaban J connectivity index is 2.79. The monoisotopic (exact) mass is 373 g/mol. The fourth-order valence-corrected chi connectivity index (χ4v) is 2.54. The highest BCUT2D eigenvalue weighted by atomic mass is 32.2. The lowest BCUT2D eigenvalue weighted by molar-refractivity contribution is -0.857. The molecular weight excluding hydrogens is 344 g/mol. The van der Waals surface area contributed by atoms with Crippen LogP contribution in [-0.4, -0.2) is 65.4 Å². The first-order chi connectivity index (χ1) is 11.7. The third-order valence-electron chi connectivity index (χ3n) is 3.59. The number of rotatable bonds is 10. The number of nitrogens with one attached hydrogen (secondary N) is 1. The Morgan fingerprint density at radius 3 is 2.28 bits per heavy atom. The third-order valence-corrected chi connectivity index (χ3v) is 5.17. The van der Waals surface area contributed by atoms with Gasteiger partial charge in [0.15, 0.2) is 0 Å². The van der Waals surface area contributed by atoms with E-state index in [4.69, 9.17) is 8.92 Å². The molecule has 0 aliphatic rings. The summed E-state index contributed by atoms with van der Waals surface area (Å²) in [5.74, 6) is 0.191. The number of benzene rings is 1. The smallest absolute Gasteiger partial charge is 0.311 e. The molecule has 0 aliphatic heterocycles. The molecule has 1 aromatic carbocycles. The zero-order valence-corrected chi connectivity index (χ0v) is 16.4. The minimum atomic E-state index is -3.61. The van der Waals surface area contributed by atoms with Crippen LogP contribution in [0.4, 0.5) is 0 Å². The van der Waals surface area contributed by atoms with Gasteiger partial charge in [-0.3, -0.25) is 4.79 Å². The van der Waals surface area contributed by atoms with Gasteiger partial charge in [-0.2, -0.15) is 8.42 Å². The molecular formula is C17H29N2O5S+. The van der Waals surface area contributed by atoms with Gasteiger partial charge in [0.1, 0.15) is 12.4 Å². The van der Waals surface area contributed by atoms with Gasteiger partial charge in [0, 0.05) is 13.7 Å². The number of methoxy groups -OCH3 is 1. The molecule has 1 N–H and O–H groups in total. The maximum Gasteiger partial charge on any atom is 0.311 e. The van der Waals surface area contributed by atoms with E-state index in [1.807, 2.05) is 14.1 Å². The molecule has 0 bridgehead atoms. The summed E-state index contributed by atoms with van der Waals surface area (Å²) < 4.78 is 33.6. The second kappa shape index (κ2) is 9.74. The Kier molecular flexibility index (Phi) is 8.34. The summed E-state index contributed by atoms with van der Waals surface area (Å²) in [6, 6.07) is 6.73. The quantitative estimate of drug-likeness (QED) is 0.581. The fraction of sp³-hybridized carbons (Fsp3) is 0.588. The van der Waals surface area contributed by atoms with Crippen LogP contribution in [0, 0.1) is 0 Å². The van der Waals surface area contributed by atoms with Crippen molar-refractivity contribution in [2.45, 2.75) is 25.6 Å². The van der Waals surface area contributed by atoms with Crippen LogP contribution in [0.1, 0.15) is 19.4 Å². The Morgan fingerprint density at radius 2 is 1.80 bits per heavy atom. The number of carbonyl (C=O) groups is 1. The Morgan fingerprint density at radius 1 is 1.20 bits per heavy atom. The molecule has 25 heavy (non-hydrogen) atoms. The van der Waals surface area contributed by atoms with Gasteiger partial charge < -0.3 is 18.7 Å². The molecule has 142 valence electrons. The van der Waals surface area contributed by atoms with E-state index < -0.39 is 15.4 Å². The number of amides is 1. The van der Waals surface area contributed by atoms with Gasteiger partial charge in [0.25, 0.3) is 0 Å². The molecule has 1 rings (SSSR count). The molecule has 0 saturated carbocycles. The van der Waals surface area contributed by atoms with Crippen molar-refractivity contribution in [1.82, 2.24) is 4.90 Å². The molecule has 0 saturated heterocycles. The second-order valence-electron chi connectivity index (χ2n) is 6.47. The highest BCUT2D eigenvalue weighted by molar-refractivity contribution is 7.87. The van der Waals surface area contributed by atoms with Gasteiger partial charge in [-0.1, -0.05) is 12.1 Å². The van der Waals surface area contributed by atoms with Crippen molar-refractivity contribution in [3.63, 3.8) is 0 Å². The number of quaternary nitrogens is 1. The molecule has 0 aliphatic carbocycles. The molecule has 1 aromatic rings. The van der Waals surface area contributed by atoms with Crippen molar-refractivity contribution in [3.05, 3.63) is 29.8 Å². The number of hydrogen-bond acceptors (Lipinski definition) is 5. The lowest BCUT2D eigenvalue weighted by atomic mass is 10.2. The lowest BCUT2D eigenvalue weighted by Crippen LogP contribution is -3.06. The van der Waals surface area contributed by atoms with Crippen molar-refractivity contribution >= 4 is 16.0 Å². The predicted octanol–water partition coefficient (Wildman–Crippen LogP) is -0.0769. The number of hydrogen-bond donors (Lipinski definition) is 1. The largest absolute Gasteiger partial charge is 0.382 e. The Labute approximate surface area is 150 Å². The average Bonchev–Trinajstić information content (AvgIpc) is 2.52. The molecule has 0 spiro atoms. The van der Waals surface area contributed by atoms with Crippen molar-refractivity contribution < 1.29 is 27.0 Å². The summed E-state index contributed by atoms with van der Waals surface area (Å²) in [7, 11) is 1.94. The zero-order chi connectivity index (χ0) is 19.0. The number of ether oxygens (including phenoxy) is 1. The number of nitrogens with zero attached hydrogens (tertiary/aromatic N) is 1. The van der Waals surface area contributed by atoms with E-state index in [-0.39, 0.29) is 18.3 Å². The van der Waals surface area contributed by atoms with Gasteiger partial charge in [0.2, 0.25) is 5.91 Å². The van der Waals surface area contributed by atoms with Gasteiger partial charge in [-0.25, -0.2) is 0 Å². The van der Waals surface area contributed by atoms with Crippen LogP contribution >= 0.6 is 0 Å². The molecule has 0 aromatic heterocycles. The lowest BCUT2D eigenvalue weighted by Gasteiger charge is -2.23. The maximum absolute atomic E-state index is 12.2. The van der Waals surface area contributed by atoms with Crippen LogP contribution in [0.25, 0.3) is 0 Å². The fourth-order valence-electron chi connectivity index (χ4n) is 1.97. The molecule has 0 heterocycles. The minimum Gasteiger partial charge on any atom is -0.382 e. The molecule has 0 unspecified atom stereocenters. The van der Waals surface area contributed by atoms with Crippen molar-refractivity contribution in [3.8, 4) is 5.75 Å². The van der Waals surface area contributed by atoms with Gasteiger partial charge in [0.05, 0.1) is 32.4 Å². The highest BCUT2D eigenvalue weighted by Gasteiger charge is 2.18. The van der Waals surface area contributed by atoms with Crippen LogP contribution in [-0.2, 0) is 26.2 Å². The Hall–Kier alpha value is -1.64. The maximum atomic E-state index is 12.2. The van der Waals surface area contributed by atoms with Crippen molar-refractivity contribution in [2.24, 2.45) is 0 Å². The SMILES string of the molecule is COCC(=O)N(CC[NH+](C)C)Cc1ccc(OS(=O)(=O)C(C)C)cc1. The normalized spacial score (nSPS) is 11.8. The molecule has 7 nitrogen and oxygen atoms in total. The molecule has 0 atom stereocenters. The van der Waals surface area contributed by atoms with E-state index in [1.165, 1.54) is 12.0 Å². The Bertz CT molecular complexity index is 642. The zero-order valence-electron chi connectivity index (χ0n) is 15.6. The van der Waals surface area contributed by atoms with Crippen LogP contribution in [0.2, 0.25) is 0 Å². The van der Waals surface area contributed by atoms with E-state index in [0.717, 1.165) is 12.1 Å². The van der Waals surface area contributed by atoms with Crippen LogP contribution in [0.3, 0.4) is 0 Å². The summed E-state index contributed by atoms with van der Waals surface area (Å²) in [5, 5.41) is -0.608. The third kappa shape index (κ3) is 7.41. The van der Waals surface area contributed by atoms with Gasteiger partial charge in [-0.05, 0) is 31.5 Å². The van der Waals surface area contributed by atoms with Crippen LogP contribution < -0.4 is 9.08 Å². The van der Waals surface area contributed by atoms with E-state index in [9.17, 15) is 13.2 Å². The molecule has 8 heteroatoms. The van der Waals surface area contributed by atoms with Crippen LogP contribution in [0.15, 0.2) is 24.3 Å². The summed E-state index contributed by atoms with van der Waals surface area (Å²) in [6.45, 7) is 5.04. The first kappa shape index (κ1) is 21.4. The van der Waals surface area contributed by atoms with Crippen LogP contribution in [0.5, 0.6) is 5.75 Å². The first-order valence-electron chi connectivity index (χ1n) is 8.23. The highest BCUT2D eigenvalue weighted by Crippen LogP contribution is 2.17. The topological polar surface area (TPSA) is 77.3 Å².